The van der Waals surface area contributed by atoms with Gasteiger partial charge in [0.1, 0.15) is 4.60 Å². The van der Waals surface area contributed by atoms with E-state index in [0.29, 0.717) is 17.9 Å². The van der Waals surface area contributed by atoms with Crippen molar-refractivity contribution in [2.75, 3.05) is 5.32 Å². The maximum atomic E-state index is 12.0. The minimum Gasteiger partial charge on any atom is -0.309 e. The van der Waals surface area contributed by atoms with Gasteiger partial charge in [-0.15, -0.1) is 0 Å². The molecule has 0 aliphatic carbocycles. The van der Waals surface area contributed by atoms with E-state index in [-0.39, 0.29) is 5.91 Å². The third-order valence-corrected chi connectivity index (χ3v) is 3.80. The third kappa shape index (κ3) is 3.51. The van der Waals surface area contributed by atoms with Gasteiger partial charge in [-0.2, -0.15) is 5.10 Å². The highest BCUT2D eigenvalue weighted by Crippen LogP contribution is 2.21. The number of nitrogens with one attached hydrogen (secondary N) is 2. The van der Waals surface area contributed by atoms with E-state index < -0.39 is 0 Å². The maximum Gasteiger partial charge on any atom is 0.225 e. The summed E-state index contributed by atoms with van der Waals surface area (Å²) in [6, 6.07) is 13.8. The second-order valence-electron chi connectivity index (χ2n) is 4.99. The van der Waals surface area contributed by atoms with E-state index in [0.717, 1.165) is 22.8 Å². The van der Waals surface area contributed by atoms with Gasteiger partial charge in [0.25, 0.3) is 0 Å². The molecule has 3 aromatic rings. The number of fused-ring (bicyclic) bond motifs is 1. The fourth-order valence-electron chi connectivity index (χ4n) is 2.27. The van der Waals surface area contributed by atoms with Gasteiger partial charge in [0.05, 0.1) is 5.39 Å². The smallest absolute Gasteiger partial charge is 0.225 e. The number of hydrogen-bond donors (Lipinski definition) is 2. The van der Waals surface area contributed by atoms with E-state index in [1.807, 2.05) is 30.3 Å². The third-order valence-electron chi connectivity index (χ3n) is 3.36. The summed E-state index contributed by atoms with van der Waals surface area (Å²) in [4.78, 5) is 16.3. The number of hydrogen-bond acceptors (Lipinski definition) is 3. The Morgan fingerprint density at radius 1 is 1.18 bits per heavy atom. The van der Waals surface area contributed by atoms with Gasteiger partial charge in [0.15, 0.2) is 11.5 Å². The van der Waals surface area contributed by atoms with Gasteiger partial charge in [0, 0.05) is 6.42 Å². The number of carbonyl (C=O) groups is 1. The van der Waals surface area contributed by atoms with Crippen LogP contribution in [0.4, 0.5) is 5.82 Å². The SMILES string of the molecule is O=C(CCCc1ccccc1)Nc1n[nH]c2nc(Br)ccc12. The van der Waals surface area contributed by atoms with Gasteiger partial charge in [-0.1, -0.05) is 30.3 Å². The average molecular weight is 359 g/mol. The van der Waals surface area contributed by atoms with E-state index in [1.165, 1.54) is 5.56 Å². The highest BCUT2D eigenvalue weighted by molar-refractivity contribution is 9.10. The van der Waals surface area contributed by atoms with Crippen molar-refractivity contribution < 1.29 is 4.79 Å². The summed E-state index contributed by atoms with van der Waals surface area (Å²) in [5.74, 6) is 0.493. The standard InChI is InChI=1S/C16H15BrN4O/c17-13-10-9-12-15(18-13)20-21-16(12)19-14(22)8-4-7-11-5-2-1-3-6-11/h1-3,5-6,9-10H,4,7-8H2,(H2,18,19,20,21,22). The van der Waals surface area contributed by atoms with Crippen molar-refractivity contribution in [3.05, 3.63) is 52.6 Å². The molecule has 2 aromatic heterocycles. The largest absolute Gasteiger partial charge is 0.309 e. The van der Waals surface area contributed by atoms with E-state index in [2.05, 4.69) is 48.6 Å². The topological polar surface area (TPSA) is 70.7 Å². The van der Waals surface area contributed by atoms with Crippen LogP contribution in [0.2, 0.25) is 0 Å². The molecule has 22 heavy (non-hydrogen) atoms. The van der Waals surface area contributed by atoms with Gasteiger partial charge in [0.2, 0.25) is 5.91 Å². The average Bonchev–Trinajstić information content (AvgIpc) is 2.90. The van der Waals surface area contributed by atoms with Gasteiger partial charge < -0.3 is 5.32 Å². The molecule has 2 N–H and O–H groups in total. The first-order valence-corrected chi connectivity index (χ1v) is 7.86. The van der Waals surface area contributed by atoms with E-state index in [9.17, 15) is 4.79 Å². The Hall–Kier alpha value is -2.21. The molecule has 0 atom stereocenters. The predicted molar refractivity (Wildman–Crippen MR) is 89.6 cm³/mol. The number of carbonyl (C=O) groups excluding carboxylic acids is 1. The Balaban J connectivity index is 1.57. The number of aromatic nitrogens is 3. The Morgan fingerprint density at radius 2 is 2.00 bits per heavy atom. The molecule has 112 valence electrons. The molecule has 0 aliphatic rings. The van der Waals surface area contributed by atoms with Crippen LogP contribution >= 0.6 is 15.9 Å². The summed E-state index contributed by atoms with van der Waals surface area (Å²) in [5.41, 5.74) is 1.89. The summed E-state index contributed by atoms with van der Waals surface area (Å²) < 4.78 is 0.726. The number of halogens is 1. The summed E-state index contributed by atoms with van der Waals surface area (Å²) >= 11 is 3.30. The lowest BCUT2D eigenvalue weighted by Gasteiger charge is -2.03. The van der Waals surface area contributed by atoms with E-state index in [1.54, 1.807) is 0 Å². The molecule has 0 fully saturated rings. The van der Waals surface area contributed by atoms with Crippen LogP contribution in [-0.2, 0) is 11.2 Å². The number of H-pyrrole nitrogens is 1. The molecule has 2 heterocycles. The van der Waals surface area contributed by atoms with Gasteiger partial charge in [-0.3, -0.25) is 9.89 Å². The second-order valence-corrected chi connectivity index (χ2v) is 5.80. The lowest BCUT2D eigenvalue weighted by atomic mass is 10.1. The molecular weight excluding hydrogens is 344 g/mol. The molecule has 0 aliphatic heterocycles. The number of amides is 1. The summed E-state index contributed by atoms with van der Waals surface area (Å²) in [6.07, 6.45) is 2.17. The number of pyridine rings is 1. The van der Waals surface area contributed by atoms with Crippen LogP contribution in [0, 0.1) is 0 Å². The fraction of sp³-hybridized carbons (Fsp3) is 0.188. The first-order valence-electron chi connectivity index (χ1n) is 7.07. The van der Waals surface area contributed by atoms with Crippen LogP contribution in [0.15, 0.2) is 47.1 Å². The quantitative estimate of drug-likeness (QED) is 0.683. The number of anilines is 1. The van der Waals surface area contributed by atoms with Crippen LogP contribution in [0.25, 0.3) is 11.0 Å². The normalized spacial score (nSPS) is 10.8. The van der Waals surface area contributed by atoms with Gasteiger partial charge >= 0.3 is 0 Å². The monoisotopic (exact) mass is 358 g/mol. The zero-order chi connectivity index (χ0) is 15.4. The maximum absolute atomic E-state index is 12.0. The summed E-state index contributed by atoms with van der Waals surface area (Å²) in [7, 11) is 0. The molecule has 0 unspecified atom stereocenters. The minimum atomic E-state index is -0.0350. The molecule has 1 aromatic carbocycles. The van der Waals surface area contributed by atoms with Crippen molar-refractivity contribution in [3.8, 4) is 0 Å². The van der Waals surface area contributed by atoms with E-state index >= 15 is 0 Å². The number of aryl methyl sites for hydroxylation is 1. The molecule has 0 saturated carbocycles. The Kier molecular flexibility index (Phi) is 4.48. The van der Waals surface area contributed by atoms with Crippen molar-refractivity contribution in [1.29, 1.82) is 0 Å². The minimum absolute atomic E-state index is 0.0350. The molecule has 6 heteroatoms. The van der Waals surface area contributed by atoms with Crippen molar-refractivity contribution in [2.45, 2.75) is 19.3 Å². The Bertz CT molecular complexity index is 785. The zero-order valence-corrected chi connectivity index (χ0v) is 13.4. The van der Waals surface area contributed by atoms with Crippen molar-refractivity contribution in [3.63, 3.8) is 0 Å². The molecule has 0 bridgehead atoms. The Morgan fingerprint density at radius 3 is 2.82 bits per heavy atom. The number of aromatic amines is 1. The lowest BCUT2D eigenvalue weighted by molar-refractivity contribution is -0.116. The number of rotatable bonds is 5. The first kappa shape index (κ1) is 14.7. The highest BCUT2D eigenvalue weighted by Gasteiger charge is 2.10. The first-order chi connectivity index (χ1) is 10.7. The van der Waals surface area contributed by atoms with Crippen molar-refractivity contribution >= 4 is 38.7 Å². The van der Waals surface area contributed by atoms with Crippen LogP contribution < -0.4 is 5.32 Å². The predicted octanol–water partition coefficient (Wildman–Crippen LogP) is 3.68. The van der Waals surface area contributed by atoms with Crippen molar-refractivity contribution in [1.82, 2.24) is 15.2 Å². The molecular formula is C16H15BrN4O. The van der Waals surface area contributed by atoms with Crippen LogP contribution in [0.5, 0.6) is 0 Å². The molecule has 0 spiro atoms. The molecule has 5 nitrogen and oxygen atoms in total. The number of nitrogens with zero attached hydrogens (tertiary/aromatic N) is 2. The van der Waals surface area contributed by atoms with Crippen LogP contribution in [-0.4, -0.2) is 21.1 Å². The van der Waals surface area contributed by atoms with E-state index in [4.69, 9.17) is 0 Å². The molecule has 3 rings (SSSR count). The molecule has 0 radical (unpaired) electrons. The Labute approximate surface area is 136 Å². The van der Waals surface area contributed by atoms with Crippen LogP contribution in [0.3, 0.4) is 0 Å². The zero-order valence-electron chi connectivity index (χ0n) is 11.8. The lowest BCUT2D eigenvalue weighted by Crippen LogP contribution is -2.12. The van der Waals surface area contributed by atoms with Gasteiger partial charge in [-0.05, 0) is 46.5 Å². The molecule has 0 saturated heterocycles. The van der Waals surface area contributed by atoms with Crippen LogP contribution in [0.1, 0.15) is 18.4 Å². The fourth-order valence-corrected chi connectivity index (χ4v) is 2.58. The second kappa shape index (κ2) is 6.70. The molecule has 1 amide bonds. The highest BCUT2D eigenvalue weighted by atomic mass is 79.9. The number of benzene rings is 1. The van der Waals surface area contributed by atoms with Gasteiger partial charge in [-0.25, -0.2) is 4.98 Å². The summed E-state index contributed by atoms with van der Waals surface area (Å²) in [6.45, 7) is 0. The summed E-state index contributed by atoms with van der Waals surface area (Å²) in [5, 5.41) is 10.6. The van der Waals surface area contributed by atoms with Crippen molar-refractivity contribution in [2.24, 2.45) is 0 Å².